The van der Waals surface area contributed by atoms with E-state index in [1.54, 1.807) is 0 Å². The highest BCUT2D eigenvalue weighted by atomic mass is 16.2. The number of nitrogens with two attached hydrogens (primary N) is 1. The molecule has 1 saturated carbocycles. The second-order valence-corrected chi connectivity index (χ2v) is 6.66. The number of piperidine rings is 1. The third-order valence-corrected chi connectivity index (χ3v) is 4.88. The van der Waals surface area contributed by atoms with Crippen LogP contribution in [0.2, 0.25) is 0 Å². The number of rotatable bonds is 4. The van der Waals surface area contributed by atoms with Crippen molar-refractivity contribution in [3.8, 4) is 0 Å². The molecule has 1 aliphatic carbocycles. The van der Waals surface area contributed by atoms with Crippen LogP contribution in [0.5, 0.6) is 0 Å². The summed E-state index contributed by atoms with van der Waals surface area (Å²) in [5.74, 6) is 0.373. The number of benzene rings is 1. The second kappa shape index (κ2) is 7.13. The van der Waals surface area contributed by atoms with Gasteiger partial charge in [0.1, 0.15) is 0 Å². The van der Waals surface area contributed by atoms with Crippen molar-refractivity contribution in [3.63, 3.8) is 0 Å². The van der Waals surface area contributed by atoms with Crippen LogP contribution in [0.15, 0.2) is 24.3 Å². The van der Waals surface area contributed by atoms with Gasteiger partial charge in [-0.25, -0.2) is 0 Å². The molecule has 23 heavy (non-hydrogen) atoms. The maximum atomic E-state index is 12.1. The summed E-state index contributed by atoms with van der Waals surface area (Å²) in [6, 6.07) is 8.08. The summed E-state index contributed by atoms with van der Waals surface area (Å²) in [5.41, 5.74) is 7.86. The maximum absolute atomic E-state index is 12.1. The van der Waals surface area contributed by atoms with E-state index in [1.807, 2.05) is 29.2 Å². The normalized spacial score (nSPS) is 24.7. The zero-order valence-corrected chi connectivity index (χ0v) is 13.5. The zero-order valence-electron chi connectivity index (χ0n) is 13.5. The van der Waals surface area contributed by atoms with E-state index in [1.165, 1.54) is 0 Å². The van der Waals surface area contributed by atoms with Gasteiger partial charge in [0, 0.05) is 37.2 Å². The summed E-state index contributed by atoms with van der Waals surface area (Å²) >= 11 is 0. The van der Waals surface area contributed by atoms with Crippen LogP contribution in [0.1, 0.15) is 44.1 Å². The lowest BCUT2D eigenvalue weighted by atomic mass is 10.1. The summed E-state index contributed by atoms with van der Waals surface area (Å²) in [5, 5.41) is 2.99. The second-order valence-electron chi connectivity index (χ2n) is 6.66. The molecular formula is C18H25N3O2. The van der Waals surface area contributed by atoms with Gasteiger partial charge in [0.2, 0.25) is 11.8 Å². The summed E-state index contributed by atoms with van der Waals surface area (Å²) in [6.07, 6.45) is 5.32. The minimum Gasteiger partial charge on any atom is -0.352 e. The lowest BCUT2D eigenvalue weighted by Gasteiger charge is -2.26. The molecule has 124 valence electrons. The molecule has 2 atom stereocenters. The fourth-order valence-corrected chi connectivity index (χ4v) is 3.46. The lowest BCUT2D eigenvalue weighted by molar-refractivity contribution is -0.125. The Balaban J connectivity index is 1.53. The zero-order chi connectivity index (χ0) is 16.2. The van der Waals surface area contributed by atoms with Gasteiger partial charge < -0.3 is 16.0 Å². The number of hydrogen-bond acceptors (Lipinski definition) is 3. The standard InChI is InChI=1S/C18H25N3O2/c19-15-7-6-14(11-15)18(23)20-12-13-4-8-16(9-5-13)21-10-2-1-3-17(21)22/h4-5,8-9,14-15H,1-3,6-7,10-12,19H2,(H,20,23). The summed E-state index contributed by atoms with van der Waals surface area (Å²) in [4.78, 5) is 25.9. The number of nitrogens with one attached hydrogen (secondary N) is 1. The predicted molar refractivity (Wildman–Crippen MR) is 89.8 cm³/mol. The Morgan fingerprint density at radius 2 is 2.00 bits per heavy atom. The summed E-state index contributed by atoms with van der Waals surface area (Å²) in [6.45, 7) is 1.33. The van der Waals surface area contributed by atoms with Crippen LogP contribution in [0.3, 0.4) is 0 Å². The first-order valence-electron chi connectivity index (χ1n) is 8.56. The molecule has 1 heterocycles. The molecule has 1 aliphatic heterocycles. The van der Waals surface area contributed by atoms with Crippen molar-refractivity contribution in [2.75, 3.05) is 11.4 Å². The third kappa shape index (κ3) is 3.91. The Morgan fingerprint density at radius 3 is 2.65 bits per heavy atom. The molecule has 0 spiro atoms. The van der Waals surface area contributed by atoms with Gasteiger partial charge in [-0.2, -0.15) is 0 Å². The number of carbonyl (C=O) groups excluding carboxylic acids is 2. The van der Waals surface area contributed by atoms with E-state index in [0.717, 1.165) is 49.9 Å². The van der Waals surface area contributed by atoms with Gasteiger partial charge in [-0.1, -0.05) is 12.1 Å². The smallest absolute Gasteiger partial charge is 0.226 e. The van der Waals surface area contributed by atoms with E-state index in [9.17, 15) is 9.59 Å². The molecule has 1 aromatic rings. The van der Waals surface area contributed by atoms with Crippen LogP contribution in [0.4, 0.5) is 5.69 Å². The van der Waals surface area contributed by atoms with Gasteiger partial charge in [0.05, 0.1) is 0 Å². The molecule has 2 unspecified atom stereocenters. The van der Waals surface area contributed by atoms with E-state index in [0.29, 0.717) is 13.0 Å². The van der Waals surface area contributed by atoms with Gasteiger partial charge in [-0.05, 0) is 49.8 Å². The SMILES string of the molecule is NC1CCC(C(=O)NCc2ccc(N3CCCCC3=O)cc2)C1. The van der Waals surface area contributed by atoms with Crippen LogP contribution < -0.4 is 16.0 Å². The van der Waals surface area contributed by atoms with Crippen molar-refractivity contribution in [3.05, 3.63) is 29.8 Å². The molecule has 0 aromatic heterocycles. The molecular weight excluding hydrogens is 290 g/mol. The Labute approximate surface area is 137 Å². The number of hydrogen-bond donors (Lipinski definition) is 2. The number of anilines is 1. The van der Waals surface area contributed by atoms with E-state index >= 15 is 0 Å². The topological polar surface area (TPSA) is 75.4 Å². The minimum atomic E-state index is 0.0650. The van der Waals surface area contributed by atoms with Crippen molar-refractivity contribution in [1.29, 1.82) is 0 Å². The Hall–Kier alpha value is -1.88. The van der Waals surface area contributed by atoms with Gasteiger partial charge >= 0.3 is 0 Å². The Bertz CT molecular complexity index is 570. The van der Waals surface area contributed by atoms with Crippen molar-refractivity contribution in [2.24, 2.45) is 11.7 Å². The molecule has 3 rings (SSSR count). The average Bonchev–Trinajstić information content (AvgIpc) is 3.00. The first kappa shape index (κ1) is 16.0. The molecule has 5 heteroatoms. The first-order chi connectivity index (χ1) is 11.1. The molecule has 2 fully saturated rings. The molecule has 3 N–H and O–H groups in total. The van der Waals surface area contributed by atoms with Gasteiger partial charge in [0.15, 0.2) is 0 Å². The molecule has 1 aromatic carbocycles. The van der Waals surface area contributed by atoms with Gasteiger partial charge in [-0.15, -0.1) is 0 Å². The monoisotopic (exact) mass is 315 g/mol. The highest BCUT2D eigenvalue weighted by Gasteiger charge is 2.27. The number of amides is 2. The minimum absolute atomic E-state index is 0.0650. The van der Waals surface area contributed by atoms with E-state index in [2.05, 4.69) is 5.32 Å². The van der Waals surface area contributed by atoms with Crippen LogP contribution >= 0.6 is 0 Å². The molecule has 2 aliphatic rings. The fraction of sp³-hybridized carbons (Fsp3) is 0.556. The Morgan fingerprint density at radius 1 is 1.22 bits per heavy atom. The van der Waals surface area contributed by atoms with Crippen molar-refractivity contribution < 1.29 is 9.59 Å². The highest BCUT2D eigenvalue weighted by Crippen LogP contribution is 2.24. The molecule has 1 saturated heterocycles. The Kier molecular flexibility index (Phi) is 4.96. The van der Waals surface area contributed by atoms with E-state index in [-0.39, 0.29) is 23.8 Å². The number of nitrogens with zero attached hydrogens (tertiary/aromatic N) is 1. The first-order valence-corrected chi connectivity index (χ1v) is 8.56. The quantitative estimate of drug-likeness (QED) is 0.891. The van der Waals surface area contributed by atoms with Crippen molar-refractivity contribution >= 4 is 17.5 Å². The van der Waals surface area contributed by atoms with E-state index < -0.39 is 0 Å². The maximum Gasteiger partial charge on any atom is 0.226 e. The number of carbonyl (C=O) groups is 2. The van der Waals surface area contributed by atoms with Crippen LogP contribution in [-0.4, -0.2) is 24.4 Å². The van der Waals surface area contributed by atoms with E-state index in [4.69, 9.17) is 5.73 Å². The molecule has 0 radical (unpaired) electrons. The third-order valence-electron chi connectivity index (χ3n) is 4.88. The summed E-state index contributed by atoms with van der Waals surface area (Å²) in [7, 11) is 0. The molecule has 5 nitrogen and oxygen atoms in total. The largest absolute Gasteiger partial charge is 0.352 e. The fourth-order valence-electron chi connectivity index (χ4n) is 3.46. The van der Waals surface area contributed by atoms with Crippen molar-refractivity contribution in [1.82, 2.24) is 5.32 Å². The summed E-state index contributed by atoms with van der Waals surface area (Å²) < 4.78 is 0. The van der Waals surface area contributed by atoms with Crippen LogP contribution in [0.25, 0.3) is 0 Å². The predicted octanol–water partition coefficient (Wildman–Crippen LogP) is 1.95. The van der Waals surface area contributed by atoms with Crippen LogP contribution in [-0.2, 0) is 16.1 Å². The highest BCUT2D eigenvalue weighted by molar-refractivity contribution is 5.93. The molecule has 2 amide bonds. The average molecular weight is 315 g/mol. The van der Waals surface area contributed by atoms with Gasteiger partial charge in [0.25, 0.3) is 0 Å². The lowest BCUT2D eigenvalue weighted by Crippen LogP contribution is -2.35. The van der Waals surface area contributed by atoms with Gasteiger partial charge in [-0.3, -0.25) is 9.59 Å². The van der Waals surface area contributed by atoms with Crippen molar-refractivity contribution in [2.45, 2.75) is 51.1 Å². The van der Waals surface area contributed by atoms with Crippen LogP contribution in [0, 0.1) is 5.92 Å². The molecule has 0 bridgehead atoms.